The van der Waals surface area contributed by atoms with Crippen molar-refractivity contribution in [3.8, 4) is 11.3 Å². The number of pyridine rings is 2. The molecule has 3 aromatic heterocycles. The molecule has 1 unspecified atom stereocenters. The van der Waals surface area contributed by atoms with Crippen molar-refractivity contribution >= 4 is 23.2 Å². The number of allylic oxidation sites excluding steroid dienone is 1. The number of hydrogen-bond donors (Lipinski definition) is 1. The van der Waals surface area contributed by atoms with E-state index < -0.39 is 5.95 Å². The minimum Gasteiger partial charge on any atom is -0.381 e. The summed E-state index contributed by atoms with van der Waals surface area (Å²) < 4.78 is 20.4. The molecular weight excluding hydrogens is 435 g/mol. The number of hydrogen-bond acceptors (Lipinski definition) is 7. The van der Waals surface area contributed by atoms with Crippen molar-refractivity contribution in [2.24, 2.45) is 16.8 Å². The van der Waals surface area contributed by atoms with Gasteiger partial charge in [0.15, 0.2) is 11.5 Å². The Labute approximate surface area is 196 Å². The van der Waals surface area contributed by atoms with E-state index in [0.717, 1.165) is 32.5 Å². The minimum atomic E-state index is -0.552. The van der Waals surface area contributed by atoms with Gasteiger partial charge in [-0.1, -0.05) is 6.08 Å². The van der Waals surface area contributed by atoms with Crippen molar-refractivity contribution in [3.63, 3.8) is 0 Å². The van der Waals surface area contributed by atoms with Crippen LogP contribution in [-0.2, 0) is 11.3 Å². The lowest BCUT2D eigenvalue weighted by molar-refractivity contribution is 0.0649. The third-order valence-corrected chi connectivity index (χ3v) is 6.33. The van der Waals surface area contributed by atoms with Crippen molar-refractivity contribution in [3.05, 3.63) is 58.9 Å². The van der Waals surface area contributed by atoms with E-state index in [1.807, 2.05) is 18.2 Å². The fourth-order valence-electron chi connectivity index (χ4n) is 4.40. The molecule has 1 N–H and O–H groups in total. The summed E-state index contributed by atoms with van der Waals surface area (Å²) in [5.74, 6) is 0.467. The molecule has 8 nitrogen and oxygen atoms in total. The van der Waals surface area contributed by atoms with Gasteiger partial charge in [-0.25, -0.2) is 15.0 Å². The van der Waals surface area contributed by atoms with E-state index in [-0.39, 0.29) is 11.5 Å². The summed E-state index contributed by atoms with van der Waals surface area (Å²) in [5.41, 5.74) is 2.18. The van der Waals surface area contributed by atoms with E-state index in [2.05, 4.69) is 26.4 Å². The number of halogens is 1. The molecule has 0 amide bonds. The number of rotatable bonds is 7. The predicted molar refractivity (Wildman–Crippen MR) is 130 cm³/mol. The monoisotopic (exact) mass is 462 g/mol. The predicted octanol–water partition coefficient (Wildman–Crippen LogP) is 3.48. The molecular formula is C25H27FN6O2. The largest absolute Gasteiger partial charge is 0.381 e. The maximum absolute atomic E-state index is 13.5. The molecule has 0 spiro atoms. The van der Waals surface area contributed by atoms with E-state index in [9.17, 15) is 9.18 Å². The molecule has 5 heterocycles. The smallest absolute Gasteiger partial charge is 0.294 e. The van der Waals surface area contributed by atoms with Crippen LogP contribution in [0.25, 0.3) is 22.4 Å². The van der Waals surface area contributed by atoms with Gasteiger partial charge >= 0.3 is 0 Å². The Morgan fingerprint density at radius 2 is 2.03 bits per heavy atom. The third kappa shape index (κ3) is 5.04. The standard InChI is InChI=1S/C25H27FN6O2/c26-22-6-3-19(15-29-22)20-4-5-21-24(31-20)32(16-18-2-1-10-27-14-18)25(33)23(30-21)28-11-7-17-8-12-34-13-9-17/h1-6,10,15,17-18H,7-9,11-14,16H2,(H,28,30). The molecule has 34 heavy (non-hydrogen) atoms. The Kier molecular flexibility index (Phi) is 6.71. The zero-order valence-electron chi connectivity index (χ0n) is 18.9. The van der Waals surface area contributed by atoms with Gasteiger partial charge in [0.1, 0.15) is 5.52 Å². The number of fused-ring (bicyclic) bond motifs is 1. The molecule has 3 aromatic rings. The Hall–Kier alpha value is -3.46. The van der Waals surface area contributed by atoms with Crippen LogP contribution in [0.1, 0.15) is 19.3 Å². The summed E-state index contributed by atoms with van der Waals surface area (Å²) in [6.45, 7) is 3.35. The fourth-order valence-corrected chi connectivity index (χ4v) is 4.40. The number of anilines is 1. The molecule has 1 saturated heterocycles. The second-order valence-corrected chi connectivity index (χ2v) is 8.72. The number of dihydropyridines is 1. The summed E-state index contributed by atoms with van der Waals surface area (Å²) in [5, 5.41) is 3.27. The van der Waals surface area contributed by atoms with Crippen molar-refractivity contribution in [2.45, 2.75) is 25.8 Å². The number of ether oxygens (including phenoxy) is 1. The Bertz CT molecular complexity index is 1260. The van der Waals surface area contributed by atoms with E-state index in [0.29, 0.717) is 53.8 Å². The van der Waals surface area contributed by atoms with Crippen LogP contribution in [0.3, 0.4) is 0 Å². The number of nitrogens with one attached hydrogen (secondary N) is 1. The summed E-state index contributed by atoms with van der Waals surface area (Å²) in [6.07, 6.45) is 10.2. The lowest BCUT2D eigenvalue weighted by atomic mass is 9.97. The fraction of sp³-hybridized carbons (Fsp3) is 0.400. The third-order valence-electron chi connectivity index (χ3n) is 6.33. The van der Waals surface area contributed by atoms with Gasteiger partial charge in [0, 0.05) is 56.7 Å². The van der Waals surface area contributed by atoms with Gasteiger partial charge in [-0.15, -0.1) is 0 Å². The Morgan fingerprint density at radius 1 is 1.15 bits per heavy atom. The molecule has 2 aliphatic heterocycles. The zero-order chi connectivity index (χ0) is 23.3. The van der Waals surface area contributed by atoms with Crippen molar-refractivity contribution in [1.82, 2.24) is 19.5 Å². The van der Waals surface area contributed by atoms with Gasteiger partial charge in [-0.3, -0.25) is 14.4 Å². The van der Waals surface area contributed by atoms with Gasteiger partial charge in [0.25, 0.3) is 5.56 Å². The first-order valence-electron chi connectivity index (χ1n) is 11.7. The first-order chi connectivity index (χ1) is 16.7. The average Bonchev–Trinajstić information content (AvgIpc) is 2.88. The van der Waals surface area contributed by atoms with Crippen LogP contribution in [0, 0.1) is 17.8 Å². The van der Waals surface area contributed by atoms with E-state index in [4.69, 9.17) is 9.72 Å². The highest BCUT2D eigenvalue weighted by molar-refractivity contribution is 5.76. The Morgan fingerprint density at radius 3 is 2.79 bits per heavy atom. The van der Waals surface area contributed by atoms with Crippen molar-refractivity contribution < 1.29 is 9.13 Å². The van der Waals surface area contributed by atoms with Gasteiger partial charge in [0.2, 0.25) is 5.95 Å². The van der Waals surface area contributed by atoms with E-state index in [1.54, 1.807) is 16.8 Å². The molecule has 0 bridgehead atoms. The molecule has 176 valence electrons. The lowest BCUT2D eigenvalue weighted by Gasteiger charge is -2.22. The molecule has 1 atom stereocenters. The summed E-state index contributed by atoms with van der Waals surface area (Å²) in [6, 6.07) is 6.57. The molecule has 0 aliphatic carbocycles. The van der Waals surface area contributed by atoms with Crippen LogP contribution in [-0.4, -0.2) is 52.0 Å². The zero-order valence-corrected chi connectivity index (χ0v) is 18.9. The number of nitrogens with zero attached hydrogens (tertiary/aromatic N) is 5. The van der Waals surface area contributed by atoms with Crippen LogP contribution in [0.15, 0.2) is 52.4 Å². The molecule has 2 aliphatic rings. The van der Waals surface area contributed by atoms with E-state index >= 15 is 0 Å². The second kappa shape index (κ2) is 10.2. The topological polar surface area (TPSA) is 94.3 Å². The maximum atomic E-state index is 13.5. The summed E-state index contributed by atoms with van der Waals surface area (Å²) in [4.78, 5) is 30.9. The molecule has 5 rings (SSSR count). The van der Waals surface area contributed by atoms with Gasteiger partial charge in [-0.2, -0.15) is 4.39 Å². The normalized spacial score (nSPS) is 18.4. The highest BCUT2D eigenvalue weighted by Gasteiger charge is 2.18. The first-order valence-corrected chi connectivity index (χ1v) is 11.7. The van der Waals surface area contributed by atoms with Gasteiger partial charge in [0.05, 0.1) is 5.69 Å². The highest BCUT2D eigenvalue weighted by Crippen LogP contribution is 2.22. The summed E-state index contributed by atoms with van der Waals surface area (Å²) >= 11 is 0. The molecule has 1 fully saturated rings. The minimum absolute atomic E-state index is 0.0846. The van der Waals surface area contributed by atoms with Crippen LogP contribution in [0.5, 0.6) is 0 Å². The SMILES string of the molecule is O=c1c(NCCC2CCOCC2)nc2ccc(-c3ccc(F)nc3)nc2n1CC1C=CC=NC1. The molecule has 0 saturated carbocycles. The van der Waals surface area contributed by atoms with E-state index in [1.165, 1.54) is 12.3 Å². The van der Waals surface area contributed by atoms with Gasteiger partial charge < -0.3 is 10.1 Å². The Balaban J connectivity index is 1.47. The first kappa shape index (κ1) is 22.3. The molecule has 0 aromatic carbocycles. The van der Waals surface area contributed by atoms with Crippen molar-refractivity contribution in [2.75, 3.05) is 31.6 Å². The molecule has 9 heteroatoms. The van der Waals surface area contributed by atoms with Gasteiger partial charge in [-0.05, 0) is 55.5 Å². The van der Waals surface area contributed by atoms with Crippen LogP contribution >= 0.6 is 0 Å². The number of aliphatic imine (C=N–C) groups is 1. The number of aromatic nitrogens is 4. The van der Waals surface area contributed by atoms with Crippen LogP contribution < -0.4 is 10.9 Å². The molecule has 0 radical (unpaired) electrons. The average molecular weight is 463 g/mol. The summed E-state index contributed by atoms with van der Waals surface area (Å²) in [7, 11) is 0. The second-order valence-electron chi connectivity index (χ2n) is 8.72. The lowest BCUT2D eigenvalue weighted by Crippen LogP contribution is -2.30. The van der Waals surface area contributed by atoms with Crippen LogP contribution in [0.2, 0.25) is 0 Å². The van der Waals surface area contributed by atoms with Crippen LogP contribution in [0.4, 0.5) is 10.2 Å². The highest BCUT2D eigenvalue weighted by atomic mass is 19.1. The van der Waals surface area contributed by atoms with Crippen molar-refractivity contribution in [1.29, 1.82) is 0 Å². The quantitative estimate of drug-likeness (QED) is 0.541. The maximum Gasteiger partial charge on any atom is 0.294 e.